The summed E-state index contributed by atoms with van der Waals surface area (Å²) in [6, 6.07) is 9.95. The number of nitrogens with zero attached hydrogens (tertiary/aromatic N) is 6. The van der Waals surface area contributed by atoms with Crippen molar-refractivity contribution in [3.63, 3.8) is 0 Å². The first-order chi connectivity index (χ1) is 19.5. The number of allylic oxidation sites excluding steroid dienone is 1. The summed E-state index contributed by atoms with van der Waals surface area (Å²) in [4.78, 5) is 23.0. The number of aromatic nitrogens is 2. The SMILES string of the molecule is C=CC(=O)N1CC[N+]2=C(COc3c2ccc2ncnc(Nc4ccc(OC5=CCN(/N=C\C)C=C5)c(C)c4)c32)C1. The molecule has 1 N–H and O–H groups in total. The number of ether oxygens (including phenoxy) is 2. The van der Waals surface area contributed by atoms with Gasteiger partial charge < -0.3 is 19.7 Å². The minimum Gasteiger partial charge on any atom is -0.475 e. The van der Waals surface area contributed by atoms with Crippen molar-refractivity contribution >= 4 is 45.9 Å². The molecule has 0 radical (unpaired) electrons. The van der Waals surface area contributed by atoms with Gasteiger partial charge in [0.25, 0.3) is 0 Å². The normalized spacial score (nSPS) is 16.4. The molecule has 6 rings (SSSR count). The lowest BCUT2D eigenvalue weighted by atomic mass is 10.1. The van der Waals surface area contributed by atoms with Gasteiger partial charge in [-0.05, 0) is 61.9 Å². The monoisotopic (exact) mass is 536 g/mol. The maximum Gasteiger partial charge on any atom is 0.248 e. The minimum absolute atomic E-state index is 0.0664. The van der Waals surface area contributed by atoms with Crippen LogP contribution in [0.2, 0.25) is 0 Å². The Balaban J connectivity index is 1.26. The van der Waals surface area contributed by atoms with E-state index in [0.29, 0.717) is 38.6 Å². The summed E-state index contributed by atoms with van der Waals surface area (Å²) in [5, 5.41) is 10.4. The predicted octanol–water partition coefficient (Wildman–Crippen LogP) is 4.29. The molecule has 10 nitrogen and oxygen atoms in total. The quantitative estimate of drug-likeness (QED) is 0.285. The van der Waals surface area contributed by atoms with Crippen LogP contribution in [-0.2, 0) is 4.79 Å². The summed E-state index contributed by atoms with van der Waals surface area (Å²) in [5.74, 6) is 2.89. The van der Waals surface area contributed by atoms with E-state index in [9.17, 15) is 4.79 Å². The molecular formula is C30H30N7O3+. The number of hydrogen-bond donors (Lipinski definition) is 1. The number of hydrogen-bond acceptors (Lipinski definition) is 8. The first-order valence-electron chi connectivity index (χ1n) is 13.2. The Morgan fingerprint density at radius 2 is 2.17 bits per heavy atom. The Morgan fingerprint density at radius 3 is 2.95 bits per heavy atom. The molecule has 0 saturated carbocycles. The van der Waals surface area contributed by atoms with Crippen LogP contribution in [0.5, 0.6) is 11.5 Å². The molecule has 0 aliphatic carbocycles. The Bertz CT molecular complexity index is 1640. The van der Waals surface area contributed by atoms with Gasteiger partial charge >= 0.3 is 0 Å². The third-order valence-corrected chi connectivity index (χ3v) is 7.06. The molecule has 202 valence electrons. The van der Waals surface area contributed by atoms with Crippen molar-refractivity contribution in [1.29, 1.82) is 0 Å². The molecule has 40 heavy (non-hydrogen) atoms. The molecule has 0 bridgehead atoms. The van der Waals surface area contributed by atoms with Gasteiger partial charge in [-0.2, -0.15) is 9.68 Å². The van der Waals surface area contributed by atoms with Gasteiger partial charge in [-0.1, -0.05) is 6.58 Å². The minimum atomic E-state index is -0.0664. The van der Waals surface area contributed by atoms with Gasteiger partial charge in [0.2, 0.25) is 23.1 Å². The van der Waals surface area contributed by atoms with Crippen LogP contribution in [0.25, 0.3) is 10.9 Å². The third-order valence-electron chi connectivity index (χ3n) is 7.06. The first kappa shape index (κ1) is 25.3. The van der Waals surface area contributed by atoms with E-state index in [2.05, 4.69) is 31.5 Å². The highest BCUT2D eigenvalue weighted by molar-refractivity contribution is 6.01. The standard InChI is InChI=1S/C30H30N7O3/c1-4-27(38)35-14-15-37-22(17-35)18-39-29-25(37)8-7-24-28(29)30(32-19-31-24)34-21-6-9-26(20(3)16-21)40-23-10-12-36(13-11-23)33-5-2/h4-12,16,19H,1,13-15,17-18H2,2-3H3,(H,31,32,34)/q+1/b33-5-. The fourth-order valence-electron chi connectivity index (χ4n) is 5.10. The van der Waals surface area contributed by atoms with Crippen molar-refractivity contribution in [3.05, 3.63) is 79.0 Å². The zero-order chi connectivity index (χ0) is 27.6. The van der Waals surface area contributed by atoms with Gasteiger partial charge in [0.1, 0.15) is 30.2 Å². The molecule has 0 atom stereocenters. The molecule has 0 saturated heterocycles. The molecule has 0 unspecified atom stereocenters. The number of benzene rings is 2. The molecule has 0 spiro atoms. The number of hydrazone groups is 1. The summed E-state index contributed by atoms with van der Waals surface area (Å²) in [6.45, 7) is 10.4. The number of nitrogens with one attached hydrogen (secondary N) is 1. The molecule has 3 aromatic rings. The van der Waals surface area contributed by atoms with Crippen LogP contribution < -0.4 is 14.8 Å². The zero-order valence-corrected chi connectivity index (χ0v) is 22.5. The molecule has 1 aromatic heterocycles. The Labute approximate surface area is 232 Å². The number of carbonyl (C=O) groups is 1. The van der Waals surface area contributed by atoms with Crippen molar-refractivity contribution in [2.45, 2.75) is 13.8 Å². The highest BCUT2D eigenvalue weighted by Gasteiger charge is 2.36. The predicted molar refractivity (Wildman–Crippen MR) is 155 cm³/mol. The number of rotatable bonds is 6. The van der Waals surface area contributed by atoms with Crippen LogP contribution in [0.3, 0.4) is 0 Å². The van der Waals surface area contributed by atoms with Crippen molar-refractivity contribution in [2.75, 3.05) is 38.1 Å². The van der Waals surface area contributed by atoms with Crippen molar-refractivity contribution in [3.8, 4) is 11.5 Å². The van der Waals surface area contributed by atoms with Crippen LogP contribution in [-0.4, -0.2) is 75.1 Å². The molecule has 2 aromatic carbocycles. The van der Waals surface area contributed by atoms with E-state index in [4.69, 9.17) is 9.47 Å². The smallest absolute Gasteiger partial charge is 0.248 e. The highest BCUT2D eigenvalue weighted by atomic mass is 16.5. The van der Waals surface area contributed by atoms with E-state index in [-0.39, 0.29) is 5.91 Å². The van der Waals surface area contributed by atoms with Gasteiger partial charge in [-0.3, -0.25) is 9.80 Å². The van der Waals surface area contributed by atoms with Gasteiger partial charge in [0.05, 0.1) is 24.0 Å². The molecule has 3 aliphatic rings. The highest BCUT2D eigenvalue weighted by Crippen LogP contribution is 2.41. The molecule has 4 heterocycles. The fourth-order valence-corrected chi connectivity index (χ4v) is 5.10. The van der Waals surface area contributed by atoms with Gasteiger partial charge in [0, 0.05) is 24.2 Å². The van der Waals surface area contributed by atoms with E-state index >= 15 is 0 Å². The lowest BCUT2D eigenvalue weighted by Gasteiger charge is -2.29. The van der Waals surface area contributed by atoms with Gasteiger partial charge in [0.15, 0.2) is 13.2 Å². The molecule has 1 amide bonds. The van der Waals surface area contributed by atoms with Crippen LogP contribution in [0.1, 0.15) is 12.5 Å². The summed E-state index contributed by atoms with van der Waals surface area (Å²) >= 11 is 0. The largest absolute Gasteiger partial charge is 0.475 e. The average Bonchev–Trinajstić information content (AvgIpc) is 2.98. The van der Waals surface area contributed by atoms with Gasteiger partial charge in [-0.15, -0.1) is 0 Å². The van der Waals surface area contributed by atoms with Gasteiger partial charge in [-0.25, -0.2) is 9.97 Å². The molecule has 10 heteroatoms. The maximum absolute atomic E-state index is 12.1. The van der Waals surface area contributed by atoms with Crippen LogP contribution in [0, 0.1) is 6.92 Å². The number of fused-ring (bicyclic) bond motifs is 4. The number of aryl methyl sites for hydroxylation is 1. The summed E-state index contributed by atoms with van der Waals surface area (Å²) in [7, 11) is 0. The molecule has 3 aliphatic heterocycles. The summed E-state index contributed by atoms with van der Waals surface area (Å²) in [5.41, 5.74) is 4.64. The Hall–Kier alpha value is -4.99. The fraction of sp³-hybridized carbons (Fsp3) is 0.233. The average molecular weight is 537 g/mol. The summed E-state index contributed by atoms with van der Waals surface area (Å²) in [6.07, 6.45) is 10.5. The van der Waals surface area contributed by atoms with Crippen LogP contribution in [0.15, 0.2) is 78.5 Å². The van der Waals surface area contributed by atoms with E-state index in [0.717, 1.165) is 50.8 Å². The third kappa shape index (κ3) is 4.79. The Morgan fingerprint density at radius 1 is 1.27 bits per heavy atom. The van der Waals surface area contributed by atoms with E-state index in [1.165, 1.54) is 6.08 Å². The van der Waals surface area contributed by atoms with Crippen LogP contribution in [0.4, 0.5) is 17.2 Å². The van der Waals surface area contributed by atoms with Crippen LogP contribution >= 0.6 is 0 Å². The maximum atomic E-state index is 12.1. The number of carbonyl (C=O) groups excluding carboxylic acids is 1. The number of anilines is 2. The molecule has 0 fully saturated rings. The summed E-state index contributed by atoms with van der Waals surface area (Å²) < 4.78 is 14.7. The van der Waals surface area contributed by atoms with E-state index in [1.807, 2.05) is 67.5 Å². The first-order valence-corrected chi connectivity index (χ1v) is 13.2. The lowest BCUT2D eigenvalue weighted by Crippen LogP contribution is -2.48. The number of amides is 1. The zero-order valence-electron chi connectivity index (χ0n) is 22.5. The van der Waals surface area contributed by atoms with E-state index in [1.54, 1.807) is 17.4 Å². The second-order valence-corrected chi connectivity index (χ2v) is 9.63. The van der Waals surface area contributed by atoms with E-state index < -0.39 is 0 Å². The lowest BCUT2D eigenvalue weighted by molar-refractivity contribution is -0.453. The Kier molecular flexibility index (Phi) is 6.73. The molecular weight excluding hydrogens is 506 g/mol. The van der Waals surface area contributed by atoms with Crippen molar-refractivity contribution < 1.29 is 18.8 Å². The van der Waals surface area contributed by atoms with Crippen molar-refractivity contribution in [1.82, 2.24) is 19.9 Å². The second kappa shape index (κ2) is 10.6. The van der Waals surface area contributed by atoms with Crippen molar-refractivity contribution in [2.24, 2.45) is 5.10 Å². The second-order valence-electron chi connectivity index (χ2n) is 9.63. The topological polar surface area (TPSA) is 95.2 Å².